The minimum Gasteiger partial charge on any atom is -0.480 e. The van der Waals surface area contributed by atoms with E-state index in [1.54, 1.807) is 6.92 Å². The van der Waals surface area contributed by atoms with Crippen molar-refractivity contribution in [2.75, 3.05) is 13.1 Å². The second-order valence-electron chi connectivity index (χ2n) is 4.26. The lowest BCUT2D eigenvalue weighted by Crippen LogP contribution is -2.51. The highest BCUT2D eigenvalue weighted by atomic mass is 16.4. The highest BCUT2D eigenvalue weighted by Gasteiger charge is 2.25. The van der Waals surface area contributed by atoms with Gasteiger partial charge in [-0.15, -0.1) is 0 Å². The van der Waals surface area contributed by atoms with Crippen molar-refractivity contribution in [2.24, 2.45) is 5.73 Å². The predicted molar refractivity (Wildman–Crippen MR) is 65.8 cm³/mol. The summed E-state index contributed by atoms with van der Waals surface area (Å²) in [6, 6.07) is -0.720. The van der Waals surface area contributed by atoms with E-state index >= 15 is 0 Å². The van der Waals surface area contributed by atoms with Crippen LogP contribution >= 0.6 is 0 Å². The van der Waals surface area contributed by atoms with Gasteiger partial charge in [-0.25, -0.2) is 0 Å². The lowest BCUT2D eigenvalue weighted by atomic mass is 10.2. The van der Waals surface area contributed by atoms with E-state index in [2.05, 4.69) is 5.32 Å². The SMILES string of the molecule is CCC(C)NC(=O)C(C)N(CC(N)=O)CC(=O)O. The number of carbonyl (C=O) groups excluding carboxylic acids is 2. The summed E-state index contributed by atoms with van der Waals surface area (Å²) >= 11 is 0. The fourth-order valence-corrected chi connectivity index (χ4v) is 1.34. The van der Waals surface area contributed by atoms with Crippen molar-refractivity contribution in [1.29, 1.82) is 0 Å². The van der Waals surface area contributed by atoms with E-state index < -0.39 is 24.5 Å². The molecule has 0 heterocycles. The summed E-state index contributed by atoms with van der Waals surface area (Å²) in [4.78, 5) is 34.6. The maximum absolute atomic E-state index is 11.8. The van der Waals surface area contributed by atoms with E-state index in [1.807, 2.05) is 13.8 Å². The number of carbonyl (C=O) groups is 3. The minimum atomic E-state index is -1.11. The van der Waals surface area contributed by atoms with Crippen LogP contribution in [-0.2, 0) is 14.4 Å². The van der Waals surface area contributed by atoms with Crippen molar-refractivity contribution in [2.45, 2.75) is 39.3 Å². The minimum absolute atomic E-state index is 0.000191. The average molecular weight is 259 g/mol. The molecule has 0 aliphatic heterocycles. The van der Waals surface area contributed by atoms with E-state index in [-0.39, 0.29) is 18.5 Å². The molecule has 7 heteroatoms. The topological polar surface area (TPSA) is 113 Å². The number of rotatable bonds is 8. The van der Waals surface area contributed by atoms with Crippen LogP contribution in [0.3, 0.4) is 0 Å². The summed E-state index contributed by atoms with van der Waals surface area (Å²) in [6.45, 7) is 4.65. The zero-order valence-electron chi connectivity index (χ0n) is 11.0. The highest BCUT2D eigenvalue weighted by molar-refractivity contribution is 5.84. The Kier molecular flexibility index (Phi) is 6.96. The normalized spacial score (nSPS) is 14.0. The number of hydrogen-bond acceptors (Lipinski definition) is 4. The fraction of sp³-hybridized carbons (Fsp3) is 0.727. The maximum atomic E-state index is 11.8. The molecule has 0 saturated carbocycles. The van der Waals surface area contributed by atoms with Gasteiger partial charge in [0.1, 0.15) is 0 Å². The molecule has 0 rings (SSSR count). The first-order chi connectivity index (χ1) is 8.27. The summed E-state index contributed by atoms with van der Waals surface area (Å²) in [7, 11) is 0. The van der Waals surface area contributed by atoms with Gasteiger partial charge in [-0.05, 0) is 20.3 Å². The molecular formula is C11H21N3O4. The van der Waals surface area contributed by atoms with Crippen molar-refractivity contribution in [1.82, 2.24) is 10.2 Å². The second-order valence-corrected chi connectivity index (χ2v) is 4.26. The van der Waals surface area contributed by atoms with Gasteiger partial charge in [0.05, 0.1) is 19.1 Å². The third-order valence-corrected chi connectivity index (χ3v) is 2.63. The molecule has 0 radical (unpaired) electrons. The average Bonchev–Trinajstić information content (AvgIpc) is 2.25. The first-order valence-electron chi connectivity index (χ1n) is 5.82. The number of nitrogens with one attached hydrogen (secondary N) is 1. The molecule has 0 aliphatic rings. The Balaban J connectivity index is 4.61. The van der Waals surface area contributed by atoms with Crippen molar-refractivity contribution in [3.63, 3.8) is 0 Å². The monoisotopic (exact) mass is 259 g/mol. The van der Waals surface area contributed by atoms with Gasteiger partial charge in [0, 0.05) is 6.04 Å². The summed E-state index contributed by atoms with van der Waals surface area (Å²) in [6.07, 6.45) is 0.771. The van der Waals surface area contributed by atoms with Crippen LogP contribution < -0.4 is 11.1 Å². The molecule has 18 heavy (non-hydrogen) atoms. The number of amides is 2. The number of nitrogens with two attached hydrogens (primary N) is 1. The van der Waals surface area contributed by atoms with Crippen molar-refractivity contribution in [3.05, 3.63) is 0 Å². The van der Waals surface area contributed by atoms with Crippen molar-refractivity contribution in [3.8, 4) is 0 Å². The molecule has 4 N–H and O–H groups in total. The quantitative estimate of drug-likeness (QED) is 0.526. The highest BCUT2D eigenvalue weighted by Crippen LogP contribution is 2.00. The van der Waals surface area contributed by atoms with Gasteiger partial charge >= 0.3 is 5.97 Å². The fourth-order valence-electron chi connectivity index (χ4n) is 1.34. The Morgan fingerprint density at radius 2 is 1.83 bits per heavy atom. The molecule has 2 amide bonds. The molecule has 7 nitrogen and oxygen atoms in total. The molecule has 0 spiro atoms. The zero-order valence-corrected chi connectivity index (χ0v) is 11.0. The zero-order chi connectivity index (χ0) is 14.3. The van der Waals surface area contributed by atoms with Crippen LogP contribution in [0.2, 0.25) is 0 Å². The summed E-state index contributed by atoms with van der Waals surface area (Å²) in [5, 5.41) is 11.5. The number of primary amides is 1. The van der Waals surface area contributed by atoms with Crippen molar-refractivity contribution < 1.29 is 19.5 Å². The van der Waals surface area contributed by atoms with Gasteiger partial charge in [-0.1, -0.05) is 6.92 Å². The molecule has 0 aromatic rings. The Morgan fingerprint density at radius 3 is 2.22 bits per heavy atom. The van der Waals surface area contributed by atoms with E-state index in [0.717, 1.165) is 6.42 Å². The van der Waals surface area contributed by atoms with Gasteiger partial charge < -0.3 is 16.2 Å². The molecule has 0 aromatic carbocycles. The molecule has 2 atom stereocenters. The molecule has 104 valence electrons. The molecule has 0 bridgehead atoms. The Labute approximate surface area is 106 Å². The van der Waals surface area contributed by atoms with E-state index in [1.165, 1.54) is 4.90 Å². The van der Waals surface area contributed by atoms with Gasteiger partial charge in [0.15, 0.2) is 0 Å². The van der Waals surface area contributed by atoms with Gasteiger partial charge in [0.2, 0.25) is 11.8 Å². The number of carboxylic acid groups (broad SMARTS) is 1. The smallest absolute Gasteiger partial charge is 0.317 e. The van der Waals surface area contributed by atoms with Crippen LogP contribution in [-0.4, -0.2) is 53.0 Å². The van der Waals surface area contributed by atoms with E-state index in [9.17, 15) is 14.4 Å². The molecule has 0 saturated heterocycles. The Morgan fingerprint density at radius 1 is 1.28 bits per heavy atom. The predicted octanol–water partition coefficient (Wildman–Crippen LogP) is -0.838. The van der Waals surface area contributed by atoms with Gasteiger partial charge in [-0.3, -0.25) is 19.3 Å². The van der Waals surface area contributed by atoms with Gasteiger partial charge in [0.25, 0.3) is 0 Å². The van der Waals surface area contributed by atoms with Crippen molar-refractivity contribution >= 4 is 17.8 Å². The van der Waals surface area contributed by atoms with Crippen LogP contribution in [0.5, 0.6) is 0 Å². The largest absolute Gasteiger partial charge is 0.480 e. The first kappa shape index (κ1) is 16.4. The standard InChI is InChI=1S/C11H21N3O4/c1-4-7(2)13-11(18)8(3)14(5-9(12)15)6-10(16)17/h7-8H,4-6H2,1-3H3,(H2,12,15)(H,13,18)(H,16,17). The number of nitrogens with zero attached hydrogens (tertiary/aromatic N) is 1. The third-order valence-electron chi connectivity index (χ3n) is 2.63. The van der Waals surface area contributed by atoms with E-state index in [4.69, 9.17) is 10.8 Å². The third kappa shape index (κ3) is 6.19. The number of carboxylic acids is 1. The van der Waals surface area contributed by atoms with Crippen LogP contribution in [0.4, 0.5) is 0 Å². The molecular weight excluding hydrogens is 238 g/mol. The molecule has 2 unspecified atom stereocenters. The first-order valence-corrected chi connectivity index (χ1v) is 5.82. The summed E-state index contributed by atoms with van der Waals surface area (Å²) in [5.74, 6) is -2.09. The van der Waals surface area contributed by atoms with E-state index in [0.29, 0.717) is 0 Å². The lowest BCUT2D eigenvalue weighted by Gasteiger charge is -2.26. The lowest BCUT2D eigenvalue weighted by molar-refractivity contribution is -0.140. The Hall–Kier alpha value is -1.63. The van der Waals surface area contributed by atoms with Crippen LogP contribution in [0.1, 0.15) is 27.2 Å². The second kappa shape index (κ2) is 7.65. The maximum Gasteiger partial charge on any atom is 0.317 e. The van der Waals surface area contributed by atoms with Gasteiger partial charge in [-0.2, -0.15) is 0 Å². The van der Waals surface area contributed by atoms with Crippen LogP contribution in [0, 0.1) is 0 Å². The van der Waals surface area contributed by atoms with Crippen LogP contribution in [0.15, 0.2) is 0 Å². The molecule has 0 fully saturated rings. The molecule has 0 aliphatic carbocycles. The molecule has 0 aromatic heterocycles. The summed E-state index contributed by atoms with van der Waals surface area (Å²) in [5.41, 5.74) is 5.03. The number of hydrogen-bond donors (Lipinski definition) is 3. The summed E-state index contributed by atoms with van der Waals surface area (Å²) < 4.78 is 0. The number of aliphatic carboxylic acids is 1. The van der Waals surface area contributed by atoms with Crippen LogP contribution in [0.25, 0.3) is 0 Å². The Bertz CT molecular complexity index is 303.